The SMILES string of the molecule is COc1cc(C2C3=CCC4C(=O)N(O)C(=O)C4C3CC3=C2C(=O)C=C(C)C3=O)ccc1O. The van der Waals surface area contributed by atoms with Crippen molar-refractivity contribution in [2.45, 2.75) is 25.7 Å². The molecule has 0 aromatic heterocycles. The van der Waals surface area contributed by atoms with Gasteiger partial charge in [0.2, 0.25) is 0 Å². The van der Waals surface area contributed by atoms with E-state index in [1.165, 1.54) is 19.3 Å². The number of phenolic OH excluding ortho intramolecular Hbond substituents is 1. The summed E-state index contributed by atoms with van der Waals surface area (Å²) in [5.74, 6) is -4.31. The first kappa shape index (κ1) is 20.4. The van der Waals surface area contributed by atoms with Gasteiger partial charge >= 0.3 is 0 Å². The van der Waals surface area contributed by atoms with Gasteiger partial charge in [-0.1, -0.05) is 17.7 Å². The van der Waals surface area contributed by atoms with E-state index in [1.807, 2.05) is 6.08 Å². The van der Waals surface area contributed by atoms with E-state index in [9.17, 15) is 29.5 Å². The van der Waals surface area contributed by atoms with Crippen LogP contribution in [0.25, 0.3) is 0 Å². The highest BCUT2D eigenvalue weighted by molar-refractivity contribution is 6.23. The van der Waals surface area contributed by atoms with E-state index in [0.717, 1.165) is 5.57 Å². The monoisotopic (exact) mass is 435 g/mol. The molecule has 0 bridgehead atoms. The number of carbonyl (C=O) groups excluding carboxylic acids is 4. The second-order valence-electron chi connectivity index (χ2n) is 8.65. The molecule has 0 saturated carbocycles. The fraction of sp³-hybridized carbons (Fsp3) is 0.333. The van der Waals surface area contributed by atoms with Crippen molar-refractivity contribution in [2.75, 3.05) is 7.11 Å². The second kappa shape index (κ2) is 7.00. The van der Waals surface area contributed by atoms with Crippen LogP contribution in [0.2, 0.25) is 0 Å². The Hall–Kier alpha value is -3.52. The number of amides is 2. The number of nitrogens with zero attached hydrogens (tertiary/aromatic N) is 1. The van der Waals surface area contributed by atoms with Crippen LogP contribution in [0.4, 0.5) is 0 Å². The Morgan fingerprint density at radius 2 is 1.84 bits per heavy atom. The van der Waals surface area contributed by atoms with E-state index in [0.29, 0.717) is 22.3 Å². The maximum atomic E-state index is 13.1. The van der Waals surface area contributed by atoms with Crippen molar-refractivity contribution in [1.29, 1.82) is 0 Å². The van der Waals surface area contributed by atoms with Gasteiger partial charge in [0.25, 0.3) is 11.8 Å². The molecule has 1 aromatic rings. The Morgan fingerprint density at radius 3 is 2.56 bits per heavy atom. The number of phenols is 1. The average molecular weight is 435 g/mol. The highest BCUT2D eigenvalue weighted by Gasteiger charge is 2.56. The summed E-state index contributed by atoms with van der Waals surface area (Å²) in [5, 5.41) is 20.2. The molecule has 2 N–H and O–H groups in total. The number of hydrogen-bond acceptors (Lipinski definition) is 7. The molecule has 4 unspecified atom stereocenters. The molecule has 1 aromatic carbocycles. The first-order valence-corrected chi connectivity index (χ1v) is 10.4. The van der Waals surface area contributed by atoms with Crippen LogP contribution < -0.4 is 4.74 Å². The first-order chi connectivity index (χ1) is 15.2. The van der Waals surface area contributed by atoms with Gasteiger partial charge in [0.15, 0.2) is 23.1 Å². The summed E-state index contributed by atoms with van der Waals surface area (Å²) in [7, 11) is 1.41. The van der Waals surface area contributed by atoms with Crippen molar-refractivity contribution in [3.05, 3.63) is 58.2 Å². The van der Waals surface area contributed by atoms with Gasteiger partial charge in [0.05, 0.1) is 18.9 Å². The predicted octanol–water partition coefficient (Wildman–Crippen LogP) is 2.22. The highest BCUT2D eigenvalue weighted by atomic mass is 16.5. The molecule has 5 rings (SSSR count). The van der Waals surface area contributed by atoms with Crippen LogP contribution in [-0.2, 0) is 19.2 Å². The number of imide groups is 1. The highest BCUT2D eigenvalue weighted by Crippen LogP contribution is 2.55. The molecule has 4 aliphatic rings. The zero-order valence-electron chi connectivity index (χ0n) is 17.5. The second-order valence-corrected chi connectivity index (χ2v) is 8.65. The Bertz CT molecular complexity index is 1200. The lowest BCUT2D eigenvalue weighted by atomic mass is 9.59. The van der Waals surface area contributed by atoms with Crippen LogP contribution in [0.3, 0.4) is 0 Å². The Kier molecular flexibility index (Phi) is 4.46. The van der Waals surface area contributed by atoms with Gasteiger partial charge in [-0.3, -0.25) is 24.4 Å². The molecule has 8 heteroatoms. The molecule has 1 fully saturated rings. The number of Topliss-reactive ketones (excluding diaryl/α,β-unsaturated/α-hetero) is 1. The van der Waals surface area contributed by atoms with E-state index in [4.69, 9.17) is 4.74 Å². The van der Waals surface area contributed by atoms with E-state index >= 15 is 0 Å². The molecule has 3 aliphatic carbocycles. The maximum absolute atomic E-state index is 13.1. The van der Waals surface area contributed by atoms with Gasteiger partial charge in [0, 0.05) is 22.6 Å². The number of benzene rings is 1. The number of fused-ring (bicyclic) bond motifs is 3. The zero-order valence-corrected chi connectivity index (χ0v) is 17.5. The summed E-state index contributed by atoms with van der Waals surface area (Å²) in [6, 6.07) is 4.73. The normalized spacial score (nSPS) is 29.4. The Labute approximate surface area is 183 Å². The van der Waals surface area contributed by atoms with Gasteiger partial charge in [0.1, 0.15) is 0 Å². The number of rotatable bonds is 2. The zero-order chi connectivity index (χ0) is 22.9. The number of aromatic hydroxyl groups is 1. The quantitative estimate of drug-likeness (QED) is 0.316. The van der Waals surface area contributed by atoms with E-state index in [1.54, 1.807) is 19.1 Å². The molecular formula is C24H21NO7. The van der Waals surface area contributed by atoms with Crippen molar-refractivity contribution in [1.82, 2.24) is 5.06 Å². The summed E-state index contributed by atoms with van der Waals surface area (Å²) in [5.41, 5.74) is 2.42. The van der Waals surface area contributed by atoms with E-state index in [-0.39, 0.29) is 41.0 Å². The van der Waals surface area contributed by atoms with Crippen molar-refractivity contribution in [2.24, 2.45) is 17.8 Å². The van der Waals surface area contributed by atoms with Gasteiger partial charge in [-0.05, 0) is 49.5 Å². The molecule has 1 aliphatic heterocycles. The Balaban J connectivity index is 1.72. The van der Waals surface area contributed by atoms with Crippen LogP contribution in [0, 0.1) is 17.8 Å². The van der Waals surface area contributed by atoms with Crippen LogP contribution >= 0.6 is 0 Å². The summed E-state index contributed by atoms with van der Waals surface area (Å²) in [6.45, 7) is 1.58. The van der Waals surface area contributed by atoms with Crippen LogP contribution in [0.5, 0.6) is 11.5 Å². The molecule has 1 saturated heterocycles. The molecule has 4 atom stereocenters. The van der Waals surface area contributed by atoms with Gasteiger partial charge in [-0.15, -0.1) is 0 Å². The lowest BCUT2D eigenvalue weighted by Crippen LogP contribution is -2.39. The summed E-state index contributed by atoms with van der Waals surface area (Å²) < 4.78 is 5.24. The van der Waals surface area contributed by atoms with Gasteiger partial charge < -0.3 is 9.84 Å². The minimum absolute atomic E-state index is 0.0650. The minimum atomic E-state index is -0.794. The number of carbonyl (C=O) groups is 4. The smallest absolute Gasteiger partial charge is 0.257 e. The van der Waals surface area contributed by atoms with Crippen molar-refractivity contribution in [3.8, 4) is 11.5 Å². The number of ketones is 2. The predicted molar refractivity (Wildman–Crippen MR) is 110 cm³/mol. The third-order valence-electron chi connectivity index (χ3n) is 7.08. The molecule has 0 spiro atoms. The van der Waals surface area contributed by atoms with Gasteiger partial charge in [-0.25, -0.2) is 0 Å². The molecule has 2 amide bonds. The number of methoxy groups -OCH3 is 1. The van der Waals surface area contributed by atoms with Crippen molar-refractivity contribution >= 4 is 23.4 Å². The maximum Gasteiger partial charge on any atom is 0.257 e. The minimum Gasteiger partial charge on any atom is -0.504 e. The fourth-order valence-electron chi connectivity index (χ4n) is 5.62. The third kappa shape index (κ3) is 2.65. The van der Waals surface area contributed by atoms with Crippen molar-refractivity contribution < 1.29 is 34.2 Å². The first-order valence-electron chi connectivity index (χ1n) is 10.4. The molecule has 0 radical (unpaired) electrons. The van der Waals surface area contributed by atoms with Crippen molar-refractivity contribution in [3.63, 3.8) is 0 Å². The standard InChI is InChI=1S/C24H21NO7/c1-10-7-17(27)21-15(22(10)28)9-14-12(4-5-13-20(14)24(30)25(31)23(13)29)19(21)11-3-6-16(26)18(8-11)32-2/h3-4,6-8,13-14,19-20,26,31H,5,9H2,1-2H3. The average Bonchev–Trinajstić information content (AvgIpc) is 3.00. The third-order valence-corrected chi connectivity index (χ3v) is 7.08. The van der Waals surface area contributed by atoms with Crippen LogP contribution in [-0.4, -0.2) is 45.9 Å². The molecule has 164 valence electrons. The number of allylic oxidation sites excluding steroid dienone is 6. The lowest BCUT2D eigenvalue weighted by Gasteiger charge is -2.42. The van der Waals surface area contributed by atoms with E-state index in [2.05, 4.69) is 0 Å². The summed E-state index contributed by atoms with van der Waals surface area (Å²) in [4.78, 5) is 51.3. The molecular weight excluding hydrogens is 414 g/mol. The Morgan fingerprint density at radius 1 is 1.09 bits per heavy atom. The number of ether oxygens (including phenoxy) is 1. The largest absolute Gasteiger partial charge is 0.504 e. The number of hydroxylamine groups is 2. The fourth-order valence-corrected chi connectivity index (χ4v) is 5.62. The lowest BCUT2D eigenvalue weighted by molar-refractivity contribution is -0.173. The molecule has 1 heterocycles. The summed E-state index contributed by atoms with van der Waals surface area (Å²) >= 11 is 0. The van der Waals surface area contributed by atoms with E-state index < -0.39 is 35.5 Å². The van der Waals surface area contributed by atoms with Crippen LogP contribution in [0.1, 0.15) is 31.2 Å². The molecule has 32 heavy (non-hydrogen) atoms. The number of hydrogen-bond donors (Lipinski definition) is 2. The molecule has 8 nitrogen and oxygen atoms in total. The van der Waals surface area contributed by atoms with Crippen LogP contribution in [0.15, 0.2) is 52.6 Å². The van der Waals surface area contributed by atoms with Gasteiger partial charge in [-0.2, -0.15) is 5.06 Å². The summed E-state index contributed by atoms with van der Waals surface area (Å²) in [6.07, 6.45) is 3.59. The topological polar surface area (TPSA) is 121 Å².